The molecule has 0 fully saturated rings. The van der Waals surface area contributed by atoms with Gasteiger partial charge in [-0.2, -0.15) is 0 Å². The second-order valence-corrected chi connectivity index (χ2v) is 10.6. The molecular formula is C31H29N3O6S. The van der Waals surface area contributed by atoms with Gasteiger partial charge in [-0.05, 0) is 69.7 Å². The summed E-state index contributed by atoms with van der Waals surface area (Å²) in [6.45, 7) is 7.50. The summed E-state index contributed by atoms with van der Waals surface area (Å²) < 4.78 is 14.9. The van der Waals surface area contributed by atoms with Crippen LogP contribution in [0.25, 0.3) is 11.8 Å². The summed E-state index contributed by atoms with van der Waals surface area (Å²) in [6, 6.07) is 15.2. The number of esters is 1. The second kappa shape index (κ2) is 11.1. The van der Waals surface area contributed by atoms with Gasteiger partial charge in [-0.1, -0.05) is 35.6 Å². The lowest BCUT2D eigenvalue weighted by Gasteiger charge is -2.25. The van der Waals surface area contributed by atoms with Crippen LogP contribution in [0.5, 0.6) is 5.75 Å². The molecule has 2 aromatic carbocycles. The Balaban J connectivity index is 1.70. The number of ether oxygens (including phenoxy) is 2. The van der Waals surface area contributed by atoms with Crippen molar-refractivity contribution in [3.63, 3.8) is 0 Å². The number of carbonyl (C=O) groups excluding carboxylic acids is 1. The molecule has 0 amide bonds. The first kappa shape index (κ1) is 27.9. The third-order valence-electron chi connectivity index (χ3n) is 7.06. The predicted molar refractivity (Wildman–Crippen MR) is 156 cm³/mol. The maximum atomic E-state index is 14.0. The van der Waals surface area contributed by atoms with Crippen LogP contribution in [-0.2, 0) is 9.53 Å². The van der Waals surface area contributed by atoms with Crippen molar-refractivity contribution < 1.29 is 24.2 Å². The van der Waals surface area contributed by atoms with Gasteiger partial charge in [0.2, 0.25) is 0 Å². The molecule has 0 spiro atoms. The number of thiazole rings is 1. The van der Waals surface area contributed by atoms with E-state index in [2.05, 4.69) is 4.99 Å². The van der Waals surface area contributed by atoms with E-state index in [1.165, 1.54) is 15.9 Å². The van der Waals surface area contributed by atoms with Crippen LogP contribution in [0.4, 0.5) is 0 Å². The van der Waals surface area contributed by atoms with E-state index in [1.54, 1.807) is 45.2 Å². The molecule has 0 radical (unpaired) electrons. The average Bonchev–Trinajstić information content (AvgIpc) is 3.41. The number of allylic oxidation sites excluding steroid dienone is 1. The number of hydrogen-bond acceptors (Lipinski definition) is 7. The van der Waals surface area contributed by atoms with Gasteiger partial charge in [-0.3, -0.25) is 9.36 Å². The van der Waals surface area contributed by atoms with Crippen LogP contribution < -0.4 is 19.6 Å². The van der Waals surface area contributed by atoms with Crippen LogP contribution in [0.15, 0.2) is 75.7 Å². The Morgan fingerprint density at radius 2 is 1.85 bits per heavy atom. The third kappa shape index (κ3) is 4.91. The van der Waals surface area contributed by atoms with Crippen molar-refractivity contribution in [1.82, 2.24) is 9.13 Å². The average molecular weight is 572 g/mol. The van der Waals surface area contributed by atoms with Crippen LogP contribution in [0, 0.1) is 13.8 Å². The molecule has 5 rings (SSSR count). The number of aromatic nitrogens is 2. The Hall–Kier alpha value is -4.70. The molecule has 4 aromatic rings. The molecule has 1 N–H and O–H groups in total. The summed E-state index contributed by atoms with van der Waals surface area (Å²) in [5.74, 6) is -1.00. The van der Waals surface area contributed by atoms with Crippen LogP contribution in [0.2, 0.25) is 0 Å². The van der Waals surface area contributed by atoms with Crippen LogP contribution >= 0.6 is 11.3 Å². The molecule has 0 saturated carbocycles. The lowest BCUT2D eigenvalue weighted by Crippen LogP contribution is -2.40. The van der Waals surface area contributed by atoms with Crippen LogP contribution in [-0.4, -0.2) is 39.9 Å². The number of methoxy groups -OCH3 is 1. The van der Waals surface area contributed by atoms with Gasteiger partial charge in [-0.25, -0.2) is 14.6 Å². The first-order chi connectivity index (χ1) is 19.7. The highest BCUT2D eigenvalue weighted by Gasteiger charge is 2.35. The molecule has 0 aliphatic carbocycles. The van der Waals surface area contributed by atoms with Crippen molar-refractivity contribution in [2.45, 2.75) is 33.7 Å². The molecule has 1 unspecified atom stereocenters. The van der Waals surface area contributed by atoms with Crippen LogP contribution in [0.1, 0.15) is 52.8 Å². The van der Waals surface area contributed by atoms with Gasteiger partial charge in [0.15, 0.2) is 4.80 Å². The number of rotatable bonds is 7. The Labute approximate surface area is 239 Å². The largest absolute Gasteiger partial charge is 0.496 e. The van der Waals surface area contributed by atoms with Crippen molar-refractivity contribution in [3.8, 4) is 11.4 Å². The summed E-state index contributed by atoms with van der Waals surface area (Å²) >= 11 is 1.24. The van der Waals surface area contributed by atoms with E-state index >= 15 is 0 Å². The minimum Gasteiger partial charge on any atom is -0.496 e. The summed E-state index contributed by atoms with van der Waals surface area (Å²) in [5.41, 5.74) is 4.56. The quantitative estimate of drug-likeness (QED) is 0.337. The van der Waals surface area contributed by atoms with E-state index in [-0.39, 0.29) is 23.3 Å². The van der Waals surface area contributed by atoms with Gasteiger partial charge < -0.3 is 19.1 Å². The number of fused-ring (bicyclic) bond motifs is 1. The monoisotopic (exact) mass is 571 g/mol. The zero-order chi connectivity index (χ0) is 29.4. The lowest BCUT2D eigenvalue weighted by molar-refractivity contribution is -0.139. The molecule has 2 aromatic heterocycles. The first-order valence-electron chi connectivity index (χ1n) is 13.0. The SMILES string of the molecule is CCOC(=O)C1=C(C)N=c2sc(=Cc3cc(C)n(-c4cccc(C(=O)O)c4)c3C)c(=O)n2C1c1ccccc1OC. The number of aromatic carboxylic acids is 1. The highest BCUT2D eigenvalue weighted by Crippen LogP contribution is 2.35. The molecule has 1 aliphatic rings. The Morgan fingerprint density at radius 3 is 2.56 bits per heavy atom. The van der Waals surface area contributed by atoms with Gasteiger partial charge in [0.1, 0.15) is 11.8 Å². The fraction of sp³-hybridized carbons (Fsp3) is 0.226. The number of carbonyl (C=O) groups is 2. The topological polar surface area (TPSA) is 112 Å². The minimum absolute atomic E-state index is 0.184. The summed E-state index contributed by atoms with van der Waals surface area (Å²) in [5, 5.41) is 9.44. The minimum atomic E-state index is -1.00. The molecule has 0 saturated heterocycles. The van der Waals surface area contributed by atoms with E-state index in [1.807, 2.05) is 54.8 Å². The third-order valence-corrected chi connectivity index (χ3v) is 8.04. The second-order valence-electron chi connectivity index (χ2n) is 9.56. The Bertz CT molecular complexity index is 1910. The number of carboxylic acid groups (broad SMARTS) is 1. The number of benzene rings is 2. The van der Waals surface area contributed by atoms with Crippen LogP contribution in [0.3, 0.4) is 0 Å². The highest BCUT2D eigenvalue weighted by molar-refractivity contribution is 7.07. The van der Waals surface area contributed by atoms with Gasteiger partial charge in [-0.15, -0.1) is 0 Å². The number of para-hydroxylation sites is 1. The summed E-state index contributed by atoms with van der Waals surface area (Å²) in [4.78, 5) is 43.8. The van der Waals surface area contributed by atoms with E-state index in [0.717, 1.165) is 17.0 Å². The fourth-order valence-electron chi connectivity index (χ4n) is 5.23. The number of carboxylic acids is 1. The number of hydrogen-bond donors (Lipinski definition) is 1. The zero-order valence-corrected chi connectivity index (χ0v) is 24.1. The molecule has 0 bridgehead atoms. The fourth-order valence-corrected chi connectivity index (χ4v) is 6.27. The van der Waals surface area contributed by atoms with Crippen molar-refractivity contribution in [2.75, 3.05) is 13.7 Å². The Morgan fingerprint density at radius 1 is 1.10 bits per heavy atom. The van der Waals surface area contributed by atoms with Crippen molar-refractivity contribution in [2.24, 2.45) is 4.99 Å². The summed E-state index contributed by atoms with van der Waals surface area (Å²) in [7, 11) is 1.55. The van der Waals surface area contributed by atoms with E-state index < -0.39 is 18.0 Å². The molecule has 210 valence electrons. The maximum absolute atomic E-state index is 14.0. The van der Waals surface area contributed by atoms with E-state index in [0.29, 0.717) is 32.0 Å². The molecule has 9 nitrogen and oxygen atoms in total. The lowest BCUT2D eigenvalue weighted by atomic mass is 9.95. The molecule has 3 heterocycles. The van der Waals surface area contributed by atoms with Gasteiger partial charge >= 0.3 is 11.9 Å². The highest BCUT2D eigenvalue weighted by atomic mass is 32.1. The molecule has 10 heteroatoms. The smallest absolute Gasteiger partial charge is 0.338 e. The van der Waals surface area contributed by atoms with Crippen molar-refractivity contribution >= 4 is 29.4 Å². The number of aryl methyl sites for hydroxylation is 1. The Kier molecular flexibility index (Phi) is 7.51. The zero-order valence-electron chi connectivity index (χ0n) is 23.3. The van der Waals surface area contributed by atoms with E-state index in [4.69, 9.17) is 9.47 Å². The molecule has 1 aliphatic heterocycles. The van der Waals surface area contributed by atoms with Gasteiger partial charge in [0.25, 0.3) is 5.56 Å². The van der Waals surface area contributed by atoms with Gasteiger partial charge in [0.05, 0.1) is 35.1 Å². The molecule has 41 heavy (non-hydrogen) atoms. The molecule has 1 atom stereocenters. The van der Waals surface area contributed by atoms with Gasteiger partial charge in [0, 0.05) is 22.6 Å². The molecular weight excluding hydrogens is 542 g/mol. The standard InChI is InChI=1S/C31H29N3O6S/c1-6-40-30(38)26-18(3)32-31-34(27(26)23-12-7-8-13-24(23)39-5)28(35)25(41-31)16-21-14-17(2)33(19(21)4)22-11-9-10-20(15-22)29(36)37/h7-16,27H,6H2,1-5H3,(H,36,37). The van der Waals surface area contributed by atoms with Crippen molar-refractivity contribution in [1.29, 1.82) is 0 Å². The van der Waals surface area contributed by atoms with Crippen molar-refractivity contribution in [3.05, 3.63) is 114 Å². The predicted octanol–water partition coefficient (Wildman–Crippen LogP) is 3.91. The normalized spacial score (nSPS) is 15.0. The number of nitrogens with zero attached hydrogens (tertiary/aromatic N) is 3. The first-order valence-corrected chi connectivity index (χ1v) is 13.8. The maximum Gasteiger partial charge on any atom is 0.338 e. The summed E-state index contributed by atoms with van der Waals surface area (Å²) in [6.07, 6.45) is 1.81. The van der Waals surface area contributed by atoms with E-state index in [9.17, 15) is 19.5 Å².